The lowest BCUT2D eigenvalue weighted by Crippen LogP contribution is -2.39. The summed E-state index contributed by atoms with van der Waals surface area (Å²) < 4.78 is 0.592. The SMILES string of the molecule is CN1C(=O)/C(=C2/SC(=S)N(C3CCCCC3)C2=O)c2ccccc21. The number of thioether (sulfide) groups is 1. The van der Waals surface area contributed by atoms with Gasteiger partial charge in [0.25, 0.3) is 11.8 Å². The van der Waals surface area contributed by atoms with Gasteiger partial charge in [-0.05, 0) is 18.9 Å². The predicted octanol–water partition coefficient (Wildman–Crippen LogP) is 3.57. The summed E-state index contributed by atoms with van der Waals surface area (Å²) >= 11 is 6.77. The van der Waals surface area contributed by atoms with Gasteiger partial charge in [0, 0.05) is 18.7 Å². The number of likely N-dealkylation sites (N-methyl/N-ethyl adjacent to an activating group) is 1. The van der Waals surface area contributed by atoms with Crippen molar-refractivity contribution in [3.63, 3.8) is 0 Å². The molecular formula is C18H18N2O2S2. The van der Waals surface area contributed by atoms with Crippen LogP contribution in [0.1, 0.15) is 37.7 Å². The number of carbonyl (C=O) groups is 2. The van der Waals surface area contributed by atoms with E-state index in [4.69, 9.17) is 12.2 Å². The number of para-hydroxylation sites is 1. The topological polar surface area (TPSA) is 40.6 Å². The minimum atomic E-state index is -0.125. The number of benzene rings is 1. The van der Waals surface area contributed by atoms with Crippen molar-refractivity contribution in [1.29, 1.82) is 0 Å². The van der Waals surface area contributed by atoms with E-state index in [9.17, 15) is 9.59 Å². The standard InChI is InChI=1S/C18H18N2O2S2/c1-19-13-10-6-5-9-12(13)14(16(19)21)15-17(22)20(18(23)24-15)11-7-3-2-4-8-11/h5-6,9-11H,2-4,7-8H2,1H3/b15-14+. The highest BCUT2D eigenvalue weighted by atomic mass is 32.2. The third kappa shape index (κ3) is 2.31. The Bertz CT molecular complexity index is 781. The lowest BCUT2D eigenvalue weighted by atomic mass is 9.94. The Morgan fingerprint density at radius 2 is 1.79 bits per heavy atom. The normalized spacial score (nSPS) is 25.0. The van der Waals surface area contributed by atoms with Gasteiger partial charge in [-0.15, -0.1) is 0 Å². The Balaban J connectivity index is 1.77. The molecule has 0 atom stereocenters. The summed E-state index contributed by atoms with van der Waals surface area (Å²) in [6.07, 6.45) is 5.50. The molecule has 3 aliphatic rings. The highest BCUT2D eigenvalue weighted by Crippen LogP contribution is 2.45. The van der Waals surface area contributed by atoms with E-state index in [0.29, 0.717) is 14.8 Å². The second kappa shape index (κ2) is 6.01. The third-order valence-electron chi connectivity index (χ3n) is 5.02. The zero-order chi connectivity index (χ0) is 16.8. The average Bonchev–Trinajstić information content (AvgIpc) is 3.03. The summed E-state index contributed by atoms with van der Waals surface area (Å²) in [4.78, 5) is 29.6. The van der Waals surface area contributed by atoms with Gasteiger partial charge in [-0.25, -0.2) is 0 Å². The van der Waals surface area contributed by atoms with Crippen molar-refractivity contribution in [2.75, 3.05) is 11.9 Å². The van der Waals surface area contributed by atoms with E-state index < -0.39 is 0 Å². The molecule has 4 nitrogen and oxygen atoms in total. The number of amides is 2. The molecule has 1 aliphatic carbocycles. The second-order valence-electron chi connectivity index (χ2n) is 6.42. The number of hydrogen-bond donors (Lipinski definition) is 0. The van der Waals surface area contributed by atoms with E-state index >= 15 is 0 Å². The molecule has 2 aliphatic heterocycles. The van der Waals surface area contributed by atoms with Crippen LogP contribution in [0.15, 0.2) is 29.2 Å². The Morgan fingerprint density at radius 3 is 2.54 bits per heavy atom. The van der Waals surface area contributed by atoms with Crippen molar-refractivity contribution < 1.29 is 9.59 Å². The number of anilines is 1. The number of carbonyl (C=O) groups excluding carboxylic acids is 2. The van der Waals surface area contributed by atoms with Gasteiger partial charge in [0.1, 0.15) is 4.32 Å². The summed E-state index contributed by atoms with van der Waals surface area (Å²) in [6, 6.07) is 7.79. The summed E-state index contributed by atoms with van der Waals surface area (Å²) in [5.41, 5.74) is 2.18. The Labute approximate surface area is 150 Å². The third-order valence-corrected chi connectivity index (χ3v) is 6.42. The molecule has 0 radical (unpaired) electrons. The minimum Gasteiger partial charge on any atom is -0.311 e. The van der Waals surface area contributed by atoms with Gasteiger partial charge < -0.3 is 4.90 Å². The maximum atomic E-state index is 13.1. The van der Waals surface area contributed by atoms with Crippen LogP contribution in [0.2, 0.25) is 0 Å². The molecule has 1 saturated heterocycles. The molecule has 2 amide bonds. The van der Waals surface area contributed by atoms with Crippen molar-refractivity contribution in [2.24, 2.45) is 0 Å². The number of rotatable bonds is 1. The summed E-state index contributed by atoms with van der Waals surface area (Å²) in [5.74, 6) is -0.217. The number of hydrogen-bond acceptors (Lipinski definition) is 4. The first-order valence-electron chi connectivity index (χ1n) is 8.26. The van der Waals surface area contributed by atoms with Crippen LogP contribution in [-0.4, -0.2) is 34.1 Å². The molecule has 1 saturated carbocycles. The molecule has 2 heterocycles. The van der Waals surface area contributed by atoms with E-state index in [-0.39, 0.29) is 17.9 Å². The minimum absolute atomic E-state index is 0.0923. The van der Waals surface area contributed by atoms with Crippen LogP contribution in [0, 0.1) is 0 Å². The zero-order valence-electron chi connectivity index (χ0n) is 13.4. The summed E-state index contributed by atoms with van der Waals surface area (Å²) in [6.45, 7) is 0. The van der Waals surface area contributed by atoms with E-state index in [1.807, 2.05) is 24.3 Å². The fourth-order valence-electron chi connectivity index (χ4n) is 3.77. The number of fused-ring (bicyclic) bond motifs is 1. The molecular weight excluding hydrogens is 340 g/mol. The molecule has 24 heavy (non-hydrogen) atoms. The maximum Gasteiger partial charge on any atom is 0.267 e. The molecule has 1 aromatic carbocycles. The average molecular weight is 358 g/mol. The molecule has 6 heteroatoms. The highest BCUT2D eigenvalue weighted by Gasteiger charge is 2.43. The van der Waals surface area contributed by atoms with Crippen LogP contribution in [-0.2, 0) is 9.59 Å². The first-order chi connectivity index (χ1) is 11.6. The van der Waals surface area contributed by atoms with Crippen molar-refractivity contribution >= 4 is 51.4 Å². The van der Waals surface area contributed by atoms with E-state index in [1.54, 1.807) is 16.8 Å². The largest absolute Gasteiger partial charge is 0.311 e. The zero-order valence-corrected chi connectivity index (χ0v) is 15.1. The molecule has 124 valence electrons. The molecule has 0 bridgehead atoms. The van der Waals surface area contributed by atoms with Crippen molar-refractivity contribution in [3.8, 4) is 0 Å². The Hall–Kier alpha value is -1.66. The van der Waals surface area contributed by atoms with Crippen LogP contribution in [0.3, 0.4) is 0 Å². The molecule has 0 unspecified atom stereocenters. The molecule has 1 aromatic rings. The van der Waals surface area contributed by atoms with Crippen LogP contribution < -0.4 is 4.90 Å². The van der Waals surface area contributed by atoms with Gasteiger partial charge >= 0.3 is 0 Å². The van der Waals surface area contributed by atoms with Gasteiger partial charge in [0.2, 0.25) is 0 Å². The smallest absolute Gasteiger partial charge is 0.267 e. The number of nitrogens with zero attached hydrogens (tertiary/aromatic N) is 2. The summed E-state index contributed by atoms with van der Waals surface area (Å²) in [5, 5.41) is 0. The molecule has 4 rings (SSSR count). The van der Waals surface area contributed by atoms with Crippen LogP contribution in [0.5, 0.6) is 0 Å². The quantitative estimate of drug-likeness (QED) is 0.568. The molecule has 0 spiro atoms. The first-order valence-corrected chi connectivity index (χ1v) is 9.49. The van der Waals surface area contributed by atoms with E-state index in [2.05, 4.69) is 0 Å². The fraction of sp³-hybridized carbons (Fsp3) is 0.389. The number of thiocarbonyl (C=S) groups is 1. The van der Waals surface area contributed by atoms with Gasteiger partial charge in [-0.1, -0.05) is 61.4 Å². The van der Waals surface area contributed by atoms with E-state index in [1.165, 1.54) is 18.2 Å². The molecule has 2 fully saturated rings. The Morgan fingerprint density at radius 1 is 1.08 bits per heavy atom. The van der Waals surface area contributed by atoms with E-state index in [0.717, 1.165) is 36.9 Å². The monoisotopic (exact) mass is 358 g/mol. The first kappa shape index (κ1) is 15.8. The predicted molar refractivity (Wildman–Crippen MR) is 101 cm³/mol. The van der Waals surface area contributed by atoms with Gasteiger partial charge in [-0.3, -0.25) is 14.5 Å². The van der Waals surface area contributed by atoms with Crippen molar-refractivity contribution in [1.82, 2.24) is 4.90 Å². The second-order valence-corrected chi connectivity index (χ2v) is 8.06. The fourth-order valence-corrected chi connectivity index (χ4v) is 5.25. The van der Waals surface area contributed by atoms with Crippen molar-refractivity contribution in [2.45, 2.75) is 38.1 Å². The van der Waals surface area contributed by atoms with Gasteiger partial charge in [0.05, 0.1) is 16.2 Å². The molecule has 0 aromatic heterocycles. The van der Waals surface area contributed by atoms with Gasteiger partial charge in [-0.2, -0.15) is 0 Å². The Kier molecular flexibility index (Phi) is 3.96. The lowest BCUT2D eigenvalue weighted by Gasteiger charge is -2.29. The lowest BCUT2D eigenvalue weighted by molar-refractivity contribution is -0.124. The highest BCUT2D eigenvalue weighted by molar-refractivity contribution is 8.26. The maximum absolute atomic E-state index is 13.1. The summed E-state index contributed by atoms with van der Waals surface area (Å²) in [7, 11) is 1.75. The van der Waals surface area contributed by atoms with Gasteiger partial charge in [0.15, 0.2) is 0 Å². The van der Waals surface area contributed by atoms with Crippen LogP contribution >= 0.6 is 24.0 Å². The molecule has 0 N–H and O–H groups in total. The van der Waals surface area contributed by atoms with Crippen LogP contribution in [0.4, 0.5) is 5.69 Å². The van der Waals surface area contributed by atoms with Crippen LogP contribution in [0.25, 0.3) is 5.57 Å². The van der Waals surface area contributed by atoms with Crippen molar-refractivity contribution in [3.05, 3.63) is 34.7 Å².